The number of fused-ring (bicyclic) bond motifs is 1. The summed E-state index contributed by atoms with van der Waals surface area (Å²) in [7, 11) is 0. The maximum atomic E-state index is 12.9. The lowest BCUT2D eigenvalue weighted by molar-refractivity contribution is 0.331. The van der Waals surface area contributed by atoms with Crippen LogP contribution in [0.3, 0.4) is 0 Å². The largest absolute Gasteiger partial charge is 0.508 e. The molecular weight excluding hydrogens is 352 g/mol. The molecule has 0 radical (unpaired) electrons. The Balaban J connectivity index is 2.26. The lowest BCUT2D eigenvalue weighted by Gasteiger charge is -2.10. The first-order chi connectivity index (χ1) is 12.8. The van der Waals surface area contributed by atoms with E-state index in [0.717, 1.165) is 18.4 Å². The molecule has 0 unspecified atom stereocenters. The van der Waals surface area contributed by atoms with Gasteiger partial charge in [-0.2, -0.15) is 0 Å². The van der Waals surface area contributed by atoms with Crippen LogP contribution in [0, 0.1) is 0 Å². The van der Waals surface area contributed by atoms with Gasteiger partial charge in [-0.05, 0) is 25.5 Å². The number of aromatic hydroxyl groups is 4. The normalized spacial score (nSPS) is 11.9. The lowest BCUT2D eigenvalue weighted by Crippen LogP contribution is -2.06. The summed E-state index contributed by atoms with van der Waals surface area (Å²) in [4.78, 5) is 12.9. The second kappa shape index (κ2) is 7.05. The molecule has 1 heterocycles. The predicted octanol–water partition coefficient (Wildman–Crippen LogP) is 2.76. The van der Waals surface area contributed by atoms with Crippen molar-refractivity contribution in [3.05, 3.63) is 58.0 Å². The fourth-order valence-corrected chi connectivity index (χ4v) is 2.80. The molecule has 0 amide bonds. The minimum atomic E-state index is -0.598. The van der Waals surface area contributed by atoms with Crippen molar-refractivity contribution >= 4 is 11.0 Å². The zero-order valence-corrected chi connectivity index (χ0v) is 14.4. The molecule has 0 aliphatic carbocycles. The van der Waals surface area contributed by atoms with E-state index in [9.17, 15) is 25.2 Å². The summed E-state index contributed by atoms with van der Waals surface area (Å²) in [5.74, 6) is -1.18. The van der Waals surface area contributed by atoms with Crippen LogP contribution in [-0.4, -0.2) is 32.1 Å². The van der Waals surface area contributed by atoms with Gasteiger partial charge in [0.1, 0.15) is 40.2 Å². The van der Waals surface area contributed by atoms with Gasteiger partial charge in [0.05, 0.1) is 12.2 Å². The molecule has 140 valence electrons. The van der Waals surface area contributed by atoms with E-state index in [4.69, 9.17) is 9.52 Å². The fraction of sp³-hybridized carbons (Fsp3) is 0.150. The minimum Gasteiger partial charge on any atom is -0.508 e. The summed E-state index contributed by atoms with van der Waals surface area (Å²) in [5, 5.41) is 48.7. The van der Waals surface area contributed by atoms with E-state index in [1.807, 2.05) is 0 Å². The highest BCUT2D eigenvalue weighted by Crippen LogP contribution is 2.36. The number of phenols is 4. The highest BCUT2D eigenvalue weighted by molar-refractivity contribution is 5.91. The van der Waals surface area contributed by atoms with E-state index < -0.39 is 11.2 Å². The Morgan fingerprint density at radius 3 is 2.44 bits per heavy atom. The van der Waals surface area contributed by atoms with Crippen molar-refractivity contribution in [1.29, 1.82) is 0 Å². The van der Waals surface area contributed by atoms with Gasteiger partial charge in [0.15, 0.2) is 0 Å². The third-order valence-electron chi connectivity index (χ3n) is 4.28. The third-order valence-corrected chi connectivity index (χ3v) is 4.28. The van der Waals surface area contributed by atoms with Crippen molar-refractivity contribution in [2.24, 2.45) is 0 Å². The monoisotopic (exact) mass is 370 g/mol. The van der Waals surface area contributed by atoms with Crippen LogP contribution < -0.4 is 5.43 Å². The second-order valence-electron chi connectivity index (χ2n) is 6.19. The smallest absolute Gasteiger partial charge is 0.204 e. The number of hydrogen-bond acceptors (Lipinski definition) is 7. The van der Waals surface area contributed by atoms with Crippen LogP contribution in [0.25, 0.3) is 22.1 Å². The van der Waals surface area contributed by atoms with Gasteiger partial charge in [0, 0.05) is 23.3 Å². The number of allylic oxidation sites excluding steroid dienone is 1. The van der Waals surface area contributed by atoms with E-state index in [0.29, 0.717) is 5.57 Å². The Morgan fingerprint density at radius 2 is 1.78 bits per heavy atom. The van der Waals surface area contributed by atoms with Crippen molar-refractivity contribution in [2.45, 2.75) is 13.3 Å². The molecule has 2 aromatic carbocycles. The molecule has 3 aromatic rings. The van der Waals surface area contributed by atoms with Crippen LogP contribution in [-0.2, 0) is 6.42 Å². The highest BCUT2D eigenvalue weighted by atomic mass is 16.3. The van der Waals surface area contributed by atoms with Crippen molar-refractivity contribution in [1.82, 2.24) is 0 Å². The molecule has 7 heteroatoms. The molecule has 7 nitrogen and oxygen atoms in total. The second-order valence-corrected chi connectivity index (χ2v) is 6.19. The van der Waals surface area contributed by atoms with Gasteiger partial charge >= 0.3 is 0 Å². The SMILES string of the molecule is CC(=CCc1c(O)cc(O)c2c(=O)c(-c3ccc(O)cc3O)coc12)CO. The number of phenolic OH excluding ortho intramolecular Hbond substituents is 4. The summed E-state index contributed by atoms with van der Waals surface area (Å²) in [5.41, 5.74) is 0.501. The standard InChI is InChI=1S/C20H18O7/c1-10(8-21)2-4-13-16(24)7-17(25)18-19(26)14(9-27-20(13)18)12-5-3-11(22)6-15(12)23/h2-3,5-7,9,21-25H,4,8H2,1H3. The number of rotatable bonds is 4. The average molecular weight is 370 g/mol. The molecule has 5 N–H and O–H groups in total. The van der Waals surface area contributed by atoms with E-state index in [-0.39, 0.29) is 57.9 Å². The maximum Gasteiger partial charge on any atom is 0.204 e. The van der Waals surface area contributed by atoms with Gasteiger partial charge in [-0.1, -0.05) is 11.6 Å². The summed E-state index contributed by atoms with van der Waals surface area (Å²) < 4.78 is 5.54. The molecule has 0 spiro atoms. The molecule has 27 heavy (non-hydrogen) atoms. The molecule has 1 aromatic heterocycles. The van der Waals surface area contributed by atoms with Crippen LogP contribution >= 0.6 is 0 Å². The van der Waals surface area contributed by atoms with Crippen LogP contribution in [0.5, 0.6) is 23.0 Å². The van der Waals surface area contributed by atoms with E-state index in [1.165, 1.54) is 12.1 Å². The van der Waals surface area contributed by atoms with Gasteiger partial charge in [-0.3, -0.25) is 4.79 Å². The van der Waals surface area contributed by atoms with Gasteiger partial charge in [-0.25, -0.2) is 0 Å². The Kier molecular flexibility index (Phi) is 4.79. The third kappa shape index (κ3) is 3.32. The molecular formula is C20H18O7. The summed E-state index contributed by atoms with van der Waals surface area (Å²) in [6.45, 7) is 1.56. The molecule has 0 bridgehead atoms. The molecule has 0 aliphatic rings. The van der Waals surface area contributed by atoms with E-state index >= 15 is 0 Å². The van der Waals surface area contributed by atoms with Crippen molar-refractivity contribution in [3.8, 4) is 34.1 Å². The molecule has 0 fully saturated rings. The summed E-state index contributed by atoms with van der Waals surface area (Å²) in [6.07, 6.45) is 2.98. The number of hydrogen-bond donors (Lipinski definition) is 5. The Bertz CT molecular complexity index is 1110. The van der Waals surface area contributed by atoms with Crippen LogP contribution in [0.15, 0.2) is 51.4 Å². The summed E-state index contributed by atoms with van der Waals surface area (Å²) >= 11 is 0. The molecule has 0 saturated carbocycles. The Hall–Kier alpha value is -3.45. The molecule has 0 aliphatic heterocycles. The van der Waals surface area contributed by atoms with Gasteiger partial charge < -0.3 is 29.9 Å². The Labute approximate surface area is 153 Å². The molecule has 0 atom stereocenters. The maximum absolute atomic E-state index is 12.9. The van der Waals surface area contributed by atoms with E-state index in [2.05, 4.69) is 0 Å². The lowest BCUT2D eigenvalue weighted by atomic mass is 10.0. The topological polar surface area (TPSA) is 131 Å². The number of benzene rings is 2. The van der Waals surface area contributed by atoms with Crippen molar-refractivity contribution in [3.63, 3.8) is 0 Å². The van der Waals surface area contributed by atoms with Crippen molar-refractivity contribution < 1.29 is 29.9 Å². The minimum absolute atomic E-state index is 0.00554. The van der Waals surface area contributed by atoms with Gasteiger partial charge in [0.2, 0.25) is 5.43 Å². The first-order valence-electron chi connectivity index (χ1n) is 8.11. The van der Waals surface area contributed by atoms with Crippen LogP contribution in [0.1, 0.15) is 12.5 Å². The van der Waals surface area contributed by atoms with Crippen LogP contribution in [0.2, 0.25) is 0 Å². The van der Waals surface area contributed by atoms with E-state index in [1.54, 1.807) is 13.0 Å². The molecule has 0 saturated heterocycles. The number of aliphatic hydroxyl groups is 1. The fourth-order valence-electron chi connectivity index (χ4n) is 2.80. The number of aliphatic hydroxyl groups excluding tert-OH is 1. The quantitative estimate of drug-likeness (QED) is 0.446. The van der Waals surface area contributed by atoms with Crippen molar-refractivity contribution in [2.75, 3.05) is 6.61 Å². The molecule has 3 rings (SSSR count). The van der Waals surface area contributed by atoms with Gasteiger partial charge in [-0.15, -0.1) is 0 Å². The average Bonchev–Trinajstić information content (AvgIpc) is 2.61. The first kappa shape index (κ1) is 18.3. The highest BCUT2D eigenvalue weighted by Gasteiger charge is 2.20. The summed E-state index contributed by atoms with van der Waals surface area (Å²) in [6, 6.07) is 4.80. The zero-order valence-electron chi connectivity index (χ0n) is 14.4. The zero-order chi connectivity index (χ0) is 19.7. The van der Waals surface area contributed by atoms with Crippen LogP contribution in [0.4, 0.5) is 0 Å². The predicted molar refractivity (Wildman–Crippen MR) is 99.1 cm³/mol. The first-order valence-corrected chi connectivity index (χ1v) is 8.11. The van der Waals surface area contributed by atoms with Gasteiger partial charge in [0.25, 0.3) is 0 Å². The Morgan fingerprint density at radius 1 is 1.04 bits per heavy atom.